The maximum absolute atomic E-state index is 6.05. The summed E-state index contributed by atoms with van der Waals surface area (Å²) in [4.78, 5) is 2.10. The Kier molecular flexibility index (Phi) is 7.51. The average molecular weight is 343 g/mol. The van der Waals surface area contributed by atoms with Crippen LogP contribution in [0, 0.1) is 11.8 Å². The van der Waals surface area contributed by atoms with Crippen molar-refractivity contribution in [3.63, 3.8) is 0 Å². The minimum absolute atomic E-state index is 0.0570. The van der Waals surface area contributed by atoms with Crippen LogP contribution < -0.4 is 5.32 Å². The molecule has 1 saturated carbocycles. The first kappa shape index (κ1) is 18.1. The standard InChI is InChI=1S/C17H30N2OS2/c1-13-11-14(2)15(12-13)20-10-6-4-3-5-8-19-9-7-16(21)18-17(19)22/h7,9,13-16,21H,3-6,8,10-12H2,1-2H3,(H,18,22). The quantitative estimate of drug-likeness (QED) is 0.396. The van der Waals surface area contributed by atoms with Crippen LogP contribution in [-0.4, -0.2) is 34.6 Å². The van der Waals surface area contributed by atoms with Crippen molar-refractivity contribution in [2.45, 2.75) is 63.9 Å². The topological polar surface area (TPSA) is 24.5 Å². The summed E-state index contributed by atoms with van der Waals surface area (Å²) in [6.45, 7) is 6.57. The molecule has 0 bridgehead atoms. The van der Waals surface area contributed by atoms with E-state index in [4.69, 9.17) is 17.0 Å². The number of nitrogens with one attached hydrogen (secondary N) is 1. The fraction of sp³-hybridized carbons (Fsp3) is 0.824. The average Bonchev–Trinajstić information content (AvgIpc) is 2.78. The molecule has 1 aliphatic heterocycles. The minimum atomic E-state index is 0.0570. The summed E-state index contributed by atoms with van der Waals surface area (Å²) < 4.78 is 6.05. The van der Waals surface area contributed by atoms with E-state index in [1.54, 1.807) is 0 Å². The van der Waals surface area contributed by atoms with Crippen LogP contribution >= 0.6 is 24.8 Å². The lowest BCUT2D eigenvalue weighted by Crippen LogP contribution is -2.43. The lowest BCUT2D eigenvalue weighted by Gasteiger charge is -2.28. The Morgan fingerprint density at radius 1 is 1.27 bits per heavy atom. The molecule has 5 heteroatoms. The van der Waals surface area contributed by atoms with Crippen molar-refractivity contribution in [3.05, 3.63) is 12.3 Å². The summed E-state index contributed by atoms with van der Waals surface area (Å²) in [7, 11) is 0. The molecule has 0 amide bonds. The zero-order valence-corrected chi connectivity index (χ0v) is 15.5. The van der Waals surface area contributed by atoms with Gasteiger partial charge in [-0.15, -0.1) is 0 Å². The number of ether oxygens (including phenoxy) is 1. The number of thiocarbonyl (C=S) groups is 1. The van der Waals surface area contributed by atoms with Crippen LogP contribution in [0.1, 0.15) is 52.4 Å². The Balaban J connectivity index is 1.48. The van der Waals surface area contributed by atoms with Crippen molar-refractivity contribution in [2.24, 2.45) is 11.8 Å². The highest BCUT2D eigenvalue weighted by Gasteiger charge is 2.28. The molecule has 3 nitrogen and oxygen atoms in total. The van der Waals surface area contributed by atoms with E-state index in [-0.39, 0.29) is 5.37 Å². The van der Waals surface area contributed by atoms with Gasteiger partial charge < -0.3 is 15.0 Å². The first-order valence-electron chi connectivity index (χ1n) is 8.61. The van der Waals surface area contributed by atoms with Gasteiger partial charge in [0.2, 0.25) is 0 Å². The van der Waals surface area contributed by atoms with Crippen molar-refractivity contribution in [2.75, 3.05) is 13.2 Å². The molecule has 4 unspecified atom stereocenters. The molecule has 0 spiro atoms. The molecule has 2 aliphatic rings. The molecule has 1 aliphatic carbocycles. The third-order valence-electron chi connectivity index (χ3n) is 4.65. The molecule has 0 aromatic rings. The van der Waals surface area contributed by atoms with E-state index in [0.717, 1.165) is 30.1 Å². The van der Waals surface area contributed by atoms with Gasteiger partial charge in [-0.25, -0.2) is 0 Å². The maximum Gasteiger partial charge on any atom is 0.174 e. The molecular formula is C17H30N2OS2. The Labute approximate surface area is 146 Å². The summed E-state index contributed by atoms with van der Waals surface area (Å²) in [6.07, 6.45) is 12.0. The lowest BCUT2D eigenvalue weighted by atomic mass is 10.1. The second-order valence-corrected chi connectivity index (χ2v) is 7.75. The van der Waals surface area contributed by atoms with Gasteiger partial charge in [0.25, 0.3) is 0 Å². The molecule has 22 heavy (non-hydrogen) atoms. The molecule has 0 aromatic heterocycles. The van der Waals surface area contributed by atoms with Crippen molar-refractivity contribution < 1.29 is 4.74 Å². The van der Waals surface area contributed by atoms with Crippen LogP contribution in [0.25, 0.3) is 0 Å². The van der Waals surface area contributed by atoms with E-state index in [1.165, 1.54) is 38.5 Å². The number of thiol groups is 1. The van der Waals surface area contributed by atoms with E-state index in [2.05, 4.69) is 36.7 Å². The van der Waals surface area contributed by atoms with Crippen LogP contribution in [0.15, 0.2) is 12.3 Å². The Hall–Kier alpha value is -0.260. The Morgan fingerprint density at radius 3 is 2.73 bits per heavy atom. The SMILES string of the molecule is CC1CC(C)C(OCCCCCCN2C=CC(S)NC2=S)C1. The van der Waals surface area contributed by atoms with E-state index < -0.39 is 0 Å². The summed E-state index contributed by atoms with van der Waals surface area (Å²) in [5, 5.41) is 3.99. The van der Waals surface area contributed by atoms with Crippen LogP contribution in [0.3, 0.4) is 0 Å². The zero-order valence-electron chi connectivity index (χ0n) is 13.8. The van der Waals surface area contributed by atoms with Crippen molar-refractivity contribution in [1.29, 1.82) is 0 Å². The van der Waals surface area contributed by atoms with E-state index in [1.807, 2.05) is 12.3 Å². The predicted octanol–water partition coefficient (Wildman–Crippen LogP) is 3.96. The van der Waals surface area contributed by atoms with Crippen LogP contribution in [0.2, 0.25) is 0 Å². The third-order valence-corrected chi connectivity index (χ3v) is 5.30. The number of unbranched alkanes of at least 4 members (excludes halogenated alkanes) is 3. The third kappa shape index (κ3) is 5.74. The minimum Gasteiger partial charge on any atom is -0.378 e. The van der Waals surface area contributed by atoms with Gasteiger partial charge >= 0.3 is 0 Å². The largest absolute Gasteiger partial charge is 0.378 e. The molecule has 126 valence electrons. The van der Waals surface area contributed by atoms with Gasteiger partial charge in [0.1, 0.15) is 0 Å². The van der Waals surface area contributed by atoms with Crippen molar-refractivity contribution >= 4 is 30.0 Å². The Bertz CT molecular complexity index is 389. The van der Waals surface area contributed by atoms with Crippen LogP contribution in [0.5, 0.6) is 0 Å². The van der Waals surface area contributed by atoms with Gasteiger partial charge in [-0.1, -0.05) is 26.7 Å². The smallest absolute Gasteiger partial charge is 0.174 e. The molecule has 0 radical (unpaired) electrons. The molecule has 0 aromatic carbocycles. The number of hydrogen-bond donors (Lipinski definition) is 2. The molecule has 1 fully saturated rings. The summed E-state index contributed by atoms with van der Waals surface area (Å²) in [5.74, 6) is 1.58. The first-order chi connectivity index (χ1) is 10.6. The molecule has 0 saturated heterocycles. The van der Waals surface area contributed by atoms with E-state index in [9.17, 15) is 0 Å². The second kappa shape index (κ2) is 9.14. The summed E-state index contributed by atoms with van der Waals surface area (Å²) >= 11 is 9.63. The van der Waals surface area contributed by atoms with Crippen LogP contribution in [-0.2, 0) is 4.74 Å². The molecular weight excluding hydrogens is 312 g/mol. The first-order valence-corrected chi connectivity index (χ1v) is 9.54. The number of rotatable bonds is 8. The van der Waals surface area contributed by atoms with Gasteiger partial charge in [-0.2, -0.15) is 12.6 Å². The molecule has 1 N–H and O–H groups in total. The zero-order chi connectivity index (χ0) is 15.9. The van der Waals surface area contributed by atoms with E-state index in [0.29, 0.717) is 6.10 Å². The number of hydrogen-bond acceptors (Lipinski definition) is 3. The normalized spacial score (nSPS) is 31.6. The summed E-state index contributed by atoms with van der Waals surface area (Å²) in [6, 6.07) is 0. The lowest BCUT2D eigenvalue weighted by molar-refractivity contribution is 0.0291. The van der Waals surface area contributed by atoms with E-state index >= 15 is 0 Å². The van der Waals surface area contributed by atoms with Crippen molar-refractivity contribution in [1.82, 2.24) is 10.2 Å². The highest BCUT2D eigenvalue weighted by Crippen LogP contribution is 2.32. The van der Waals surface area contributed by atoms with Gasteiger partial charge in [-0.3, -0.25) is 0 Å². The highest BCUT2D eigenvalue weighted by molar-refractivity contribution is 7.82. The van der Waals surface area contributed by atoms with Crippen molar-refractivity contribution in [3.8, 4) is 0 Å². The molecule has 1 heterocycles. The fourth-order valence-corrected chi connectivity index (χ4v) is 3.97. The van der Waals surface area contributed by atoms with Gasteiger partial charge in [0.15, 0.2) is 5.11 Å². The highest BCUT2D eigenvalue weighted by atomic mass is 32.1. The Morgan fingerprint density at radius 2 is 2.05 bits per heavy atom. The fourth-order valence-electron chi connectivity index (χ4n) is 3.40. The predicted molar refractivity (Wildman–Crippen MR) is 100 cm³/mol. The second-order valence-electron chi connectivity index (χ2n) is 6.81. The summed E-state index contributed by atoms with van der Waals surface area (Å²) in [5.41, 5.74) is 0. The molecule has 2 rings (SSSR count). The van der Waals surface area contributed by atoms with Gasteiger partial charge in [0.05, 0.1) is 11.5 Å². The molecule has 4 atom stereocenters. The van der Waals surface area contributed by atoms with Gasteiger partial charge in [0, 0.05) is 19.4 Å². The van der Waals surface area contributed by atoms with Gasteiger partial charge in [-0.05, 0) is 55.8 Å². The monoisotopic (exact) mass is 342 g/mol. The van der Waals surface area contributed by atoms with Crippen LogP contribution in [0.4, 0.5) is 0 Å². The number of nitrogens with zero attached hydrogens (tertiary/aromatic N) is 1. The maximum atomic E-state index is 6.05.